The second-order valence-corrected chi connectivity index (χ2v) is 10.0. The minimum atomic E-state index is -0.215. The van der Waals surface area contributed by atoms with Gasteiger partial charge >= 0.3 is 6.09 Å². The fourth-order valence-electron chi connectivity index (χ4n) is 6.12. The average molecular weight is 492 g/mol. The van der Waals surface area contributed by atoms with Gasteiger partial charge in [0, 0.05) is 46.9 Å². The van der Waals surface area contributed by atoms with Crippen molar-refractivity contribution >= 4 is 22.8 Å². The highest BCUT2D eigenvalue weighted by atomic mass is 16.6. The SMILES string of the molecule is COc1cc(C)[nH]c(=O)c1CCC(=O)c1c(C)n([C@H](C)C2CCN3C(=O)OCC3C2)c2ccccc12. The van der Waals surface area contributed by atoms with Crippen LogP contribution in [-0.4, -0.2) is 52.6 Å². The van der Waals surface area contributed by atoms with Crippen molar-refractivity contribution in [3.63, 3.8) is 0 Å². The average Bonchev–Trinajstić information content (AvgIpc) is 3.38. The van der Waals surface area contributed by atoms with Crippen LogP contribution in [-0.2, 0) is 11.2 Å². The Labute approximate surface area is 210 Å². The summed E-state index contributed by atoms with van der Waals surface area (Å²) in [6, 6.07) is 10.1. The fourth-order valence-corrected chi connectivity index (χ4v) is 6.12. The smallest absolute Gasteiger partial charge is 0.410 e. The largest absolute Gasteiger partial charge is 0.496 e. The number of hydrogen-bond donors (Lipinski definition) is 1. The maximum absolute atomic E-state index is 13.6. The van der Waals surface area contributed by atoms with Crippen molar-refractivity contribution in [3.05, 3.63) is 63.2 Å². The van der Waals surface area contributed by atoms with Crippen LogP contribution in [0.15, 0.2) is 35.1 Å². The van der Waals surface area contributed by atoms with Gasteiger partial charge in [-0.3, -0.25) is 9.59 Å². The second kappa shape index (κ2) is 9.48. The summed E-state index contributed by atoms with van der Waals surface area (Å²) < 4.78 is 13.0. The van der Waals surface area contributed by atoms with E-state index < -0.39 is 0 Å². The first-order valence-electron chi connectivity index (χ1n) is 12.6. The molecule has 0 radical (unpaired) electrons. The number of nitrogens with one attached hydrogen (secondary N) is 1. The lowest BCUT2D eigenvalue weighted by atomic mass is 9.86. The molecule has 2 aliphatic rings. The van der Waals surface area contributed by atoms with E-state index in [2.05, 4.69) is 22.5 Å². The third kappa shape index (κ3) is 4.08. The van der Waals surface area contributed by atoms with Gasteiger partial charge in [-0.25, -0.2) is 4.79 Å². The number of fused-ring (bicyclic) bond motifs is 2. The summed E-state index contributed by atoms with van der Waals surface area (Å²) >= 11 is 0. The molecule has 8 nitrogen and oxygen atoms in total. The predicted octanol–water partition coefficient (Wildman–Crippen LogP) is 4.56. The third-order valence-corrected chi connectivity index (χ3v) is 7.97. The highest BCUT2D eigenvalue weighted by molar-refractivity contribution is 6.09. The van der Waals surface area contributed by atoms with Gasteiger partial charge in [0.2, 0.25) is 0 Å². The number of aromatic amines is 1. The molecule has 0 bridgehead atoms. The molecule has 0 aliphatic carbocycles. The van der Waals surface area contributed by atoms with E-state index >= 15 is 0 Å². The van der Waals surface area contributed by atoms with Crippen LogP contribution in [0.5, 0.6) is 5.75 Å². The number of amides is 1. The quantitative estimate of drug-likeness (QED) is 0.489. The van der Waals surface area contributed by atoms with E-state index in [0.717, 1.165) is 40.7 Å². The molecule has 5 rings (SSSR count). The van der Waals surface area contributed by atoms with Crippen molar-refractivity contribution in [1.29, 1.82) is 0 Å². The van der Waals surface area contributed by atoms with Crippen molar-refractivity contribution in [1.82, 2.24) is 14.5 Å². The number of aryl methyl sites for hydroxylation is 1. The van der Waals surface area contributed by atoms with Crippen molar-refractivity contribution < 1.29 is 19.1 Å². The molecule has 2 aromatic heterocycles. The van der Waals surface area contributed by atoms with Gasteiger partial charge in [0.15, 0.2) is 5.78 Å². The number of ketones is 1. The summed E-state index contributed by atoms with van der Waals surface area (Å²) in [4.78, 5) is 42.7. The Morgan fingerprint density at radius 1 is 1.25 bits per heavy atom. The zero-order chi connectivity index (χ0) is 25.6. The number of hydrogen-bond acceptors (Lipinski definition) is 5. The number of cyclic esters (lactones) is 1. The normalized spacial score (nSPS) is 20.3. The lowest BCUT2D eigenvalue weighted by Crippen LogP contribution is -2.42. The zero-order valence-corrected chi connectivity index (χ0v) is 21.3. The Morgan fingerprint density at radius 3 is 2.81 bits per heavy atom. The first kappa shape index (κ1) is 24.2. The minimum Gasteiger partial charge on any atom is -0.496 e. The van der Waals surface area contributed by atoms with Crippen LogP contribution in [0, 0.1) is 19.8 Å². The molecule has 1 amide bonds. The van der Waals surface area contributed by atoms with Crippen molar-refractivity contribution in [2.75, 3.05) is 20.3 Å². The highest BCUT2D eigenvalue weighted by Crippen LogP contribution is 2.38. The number of methoxy groups -OCH3 is 1. The van der Waals surface area contributed by atoms with Gasteiger partial charge in [0.05, 0.1) is 18.7 Å². The molecule has 0 saturated carbocycles. The number of nitrogens with zero attached hydrogens (tertiary/aromatic N) is 2. The Morgan fingerprint density at radius 2 is 2.03 bits per heavy atom. The summed E-state index contributed by atoms with van der Waals surface area (Å²) in [5.74, 6) is 0.896. The van der Waals surface area contributed by atoms with E-state index in [4.69, 9.17) is 9.47 Å². The number of pyridine rings is 1. The summed E-state index contributed by atoms with van der Waals surface area (Å²) in [6.07, 6.45) is 2.10. The van der Waals surface area contributed by atoms with Gasteiger partial charge < -0.3 is 23.9 Å². The number of ether oxygens (including phenoxy) is 2. The number of rotatable bonds is 7. The van der Waals surface area contributed by atoms with Crippen LogP contribution < -0.4 is 10.3 Å². The van der Waals surface area contributed by atoms with Gasteiger partial charge in [-0.1, -0.05) is 18.2 Å². The highest BCUT2D eigenvalue weighted by Gasteiger charge is 2.40. The molecule has 2 fully saturated rings. The monoisotopic (exact) mass is 491 g/mol. The molecule has 4 heterocycles. The number of para-hydroxylation sites is 1. The number of carbonyl (C=O) groups excluding carboxylic acids is 2. The number of carbonyl (C=O) groups is 2. The minimum absolute atomic E-state index is 0.0151. The number of benzene rings is 1. The van der Waals surface area contributed by atoms with Crippen LogP contribution in [0.3, 0.4) is 0 Å². The van der Waals surface area contributed by atoms with E-state index in [1.54, 1.807) is 13.0 Å². The molecule has 1 aromatic carbocycles. The van der Waals surface area contributed by atoms with Crippen molar-refractivity contribution in [2.24, 2.45) is 5.92 Å². The molecule has 190 valence electrons. The molecule has 3 aromatic rings. The van der Waals surface area contributed by atoms with Crippen LogP contribution in [0.1, 0.15) is 59.5 Å². The first-order chi connectivity index (χ1) is 17.3. The summed E-state index contributed by atoms with van der Waals surface area (Å²) in [6.45, 7) is 7.19. The van der Waals surface area contributed by atoms with E-state index in [1.807, 2.05) is 30.0 Å². The molecule has 8 heteroatoms. The number of H-pyrrole nitrogens is 1. The zero-order valence-electron chi connectivity index (χ0n) is 21.3. The van der Waals surface area contributed by atoms with Gasteiger partial charge in [-0.2, -0.15) is 0 Å². The lowest BCUT2D eigenvalue weighted by molar-refractivity contribution is 0.0982. The number of aromatic nitrogens is 2. The third-order valence-electron chi connectivity index (χ3n) is 7.97. The van der Waals surface area contributed by atoms with Crippen LogP contribution >= 0.6 is 0 Å². The molecule has 1 N–H and O–H groups in total. The lowest BCUT2D eigenvalue weighted by Gasteiger charge is -2.36. The van der Waals surface area contributed by atoms with E-state index in [1.165, 1.54) is 7.11 Å². The maximum Gasteiger partial charge on any atom is 0.410 e. The molecule has 2 aliphatic heterocycles. The molecular weight excluding hydrogens is 458 g/mol. The number of Topliss-reactive ketones (excluding diaryl/α,β-unsaturated/α-hetero) is 1. The fraction of sp³-hybridized carbons (Fsp3) is 0.464. The second-order valence-electron chi connectivity index (χ2n) is 10.0. The van der Waals surface area contributed by atoms with Gasteiger partial charge in [0.1, 0.15) is 12.4 Å². The summed E-state index contributed by atoms with van der Waals surface area (Å²) in [5, 5.41) is 0.938. The summed E-state index contributed by atoms with van der Waals surface area (Å²) in [5.41, 5.74) is 3.70. The Kier molecular flexibility index (Phi) is 6.36. The van der Waals surface area contributed by atoms with Crippen molar-refractivity contribution in [2.45, 2.75) is 58.5 Å². The number of piperidine rings is 1. The Balaban J connectivity index is 1.44. The predicted molar refractivity (Wildman–Crippen MR) is 137 cm³/mol. The molecule has 2 saturated heterocycles. The molecule has 36 heavy (non-hydrogen) atoms. The standard InChI is InChI=1S/C28H33N3O5/c1-16-13-25(35-4)22(27(33)29-16)9-10-24(32)26-18(3)31(23-8-6-5-7-21(23)26)17(2)19-11-12-30-20(14-19)15-36-28(30)34/h5-8,13,17,19-20H,9-12,14-15H2,1-4H3,(H,29,33)/t17-,19?,20?/m1/s1. The topological polar surface area (TPSA) is 93.6 Å². The van der Waals surface area contributed by atoms with E-state index in [-0.39, 0.29) is 35.9 Å². The maximum atomic E-state index is 13.6. The first-order valence-corrected chi connectivity index (χ1v) is 12.6. The Bertz CT molecular complexity index is 1390. The van der Waals surface area contributed by atoms with Crippen LogP contribution in [0.2, 0.25) is 0 Å². The molecule has 0 spiro atoms. The van der Waals surface area contributed by atoms with Crippen molar-refractivity contribution in [3.8, 4) is 5.75 Å². The van der Waals surface area contributed by atoms with Crippen LogP contribution in [0.25, 0.3) is 10.9 Å². The van der Waals surface area contributed by atoms with Gasteiger partial charge in [-0.15, -0.1) is 0 Å². The molecule has 2 unspecified atom stereocenters. The van der Waals surface area contributed by atoms with E-state index in [9.17, 15) is 14.4 Å². The molecular formula is C28H33N3O5. The van der Waals surface area contributed by atoms with Crippen LogP contribution in [0.4, 0.5) is 4.79 Å². The summed E-state index contributed by atoms with van der Waals surface area (Å²) in [7, 11) is 1.54. The molecule has 3 atom stereocenters. The Hall–Kier alpha value is -3.55. The van der Waals surface area contributed by atoms with Gasteiger partial charge in [0.25, 0.3) is 5.56 Å². The van der Waals surface area contributed by atoms with Gasteiger partial charge in [-0.05, 0) is 58.1 Å². The van der Waals surface area contributed by atoms with E-state index in [0.29, 0.717) is 36.8 Å².